The fourth-order valence-electron chi connectivity index (χ4n) is 4.10. The van der Waals surface area contributed by atoms with Gasteiger partial charge in [0.2, 0.25) is 10.0 Å². The maximum absolute atomic E-state index is 13.3. The SMILES string of the molecule is COC[C@H]1CN(c2cc(S(=O)(=O)NC3(C)CC3)cn3c(-c4nnc(C(F)F)o4)cnc23)[C@@H](C)CO1. The van der Waals surface area contributed by atoms with E-state index in [1.54, 1.807) is 13.2 Å². The molecule has 3 aromatic rings. The van der Waals surface area contributed by atoms with Crippen molar-refractivity contribution in [3.63, 3.8) is 0 Å². The van der Waals surface area contributed by atoms with Crippen LogP contribution in [0.4, 0.5) is 14.5 Å². The number of methoxy groups -OCH3 is 1. The molecule has 2 fully saturated rings. The Morgan fingerprint density at radius 2 is 2.11 bits per heavy atom. The molecule has 14 heteroatoms. The summed E-state index contributed by atoms with van der Waals surface area (Å²) in [7, 11) is -2.32. The summed E-state index contributed by atoms with van der Waals surface area (Å²) in [6.07, 6.45) is 1.12. The van der Waals surface area contributed by atoms with Crippen molar-refractivity contribution >= 4 is 21.4 Å². The molecule has 5 rings (SSSR count). The monoisotopic (exact) mass is 512 g/mol. The van der Waals surface area contributed by atoms with Gasteiger partial charge in [-0.2, -0.15) is 8.78 Å². The Morgan fingerprint density at radius 1 is 1.34 bits per heavy atom. The van der Waals surface area contributed by atoms with E-state index >= 15 is 0 Å². The van der Waals surface area contributed by atoms with Crippen LogP contribution in [0.3, 0.4) is 0 Å². The number of morpholine rings is 1. The first kappa shape index (κ1) is 24.0. The number of ether oxygens (including phenoxy) is 2. The summed E-state index contributed by atoms with van der Waals surface area (Å²) >= 11 is 0. The molecule has 2 atom stereocenters. The molecular formula is C21H26F2N6O5S. The zero-order valence-electron chi connectivity index (χ0n) is 19.4. The van der Waals surface area contributed by atoms with Gasteiger partial charge in [-0.15, -0.1) is 10.2 Å². The molecule has 1 saturated carbocycles. The second kappa shape index (κ2) is 8.76. The number of halogens is 2. The van der Waals surface area contributed by atoms with Gasteiger partial charge in [-0.05, 0) is 32.8 Å². The third-order valence-corrected chi connectivity index (χ3v) is 7.87. The number of alkyl halides is 2. The Hall–Kier alpha value is -2.68. The number of nitrogens with one attached hydrogen (secondary N) is 1. The Kier molecular flexibility index (Phi) is 6.02. The van der Waals surface area contributed by atoms with Gasteiger partial charge in [-0.1, -0.05) is 0 Å². The molecule has 1 aliphatic heterocycles. The average molecular weight is 513 g/mol. The van der Waals surface area contributed by atoms with Gasteiger partial charge in [0, 0.05) is 31.4 Å². The lowest BCUT2D eigenvalue weighted by atomic mass is 10.1. The highest BCUT2D eigenvalue weighted by molar-refractivity contribution is 7.89. The largest absolute Gasteiger partial charge is 0.414 e. The van der Waals surface area contributed by atoms with Crippen molar-refractivity contribution in [1.82, 2.24) is 24.3 Å². The Balaban J connectivity index is 1.65. The molecule has 1 aliphatic carbocycles. The van der Waals surface area contributed by atoms with Gasteiger partial charge in [-0.25, -0.2) is 18.1 Å². The van der Waals surface area contributed by atoms with Crippen LogP contribution < -0.4 is 9.62 Å². The van der Waals surface area contributed by atoms with E-state index in [1.807, 2.05) is 18.7 Å². The average Bonchev–Trinajstić information content (AvgIpc) is 3.18. The minimum absolute atomic E-state index is 0.00274. The second-order valence-electron chi connectivity index (χ2n) is 9.22. The maximum atomic E-state index is 13.3. The van der Waals surface area contributed by atoms with Crippen molar-refractivity contribution in [2.75, 3.05) is 31.8 Å². The predicted molar refractivity (Wildman–Crippen MR) is 120 cm³/mol. The summed E-state index contributed by atoms with van der Waals surface area (Å²) in [6.45, 7) is 5.02. The fraction of sp³-hybridized carbons (Fsp3) is 0.571. The van der Waals surface area contributed by atoms with E-state index in [9.17, 15) is 17.2 Å². The first-order valence-corrected chi connectivity index (χ1v) is 12.6. The van der Waals surface area contributed by atoms with E-state index in [1.165, 1.54) is 16.8 Å². The quantitative estimate of drug-likeness (QED) is 0.484. The number of sulfonamides is 1. The van der Waals surface area contributed by atoms with E-state index < -0.39 is 27.9 Å². The molecule has 0 radical (unpaired) electrons. The number of hydrogen-bond donors (Lipinski definition) is 1. The third-order valence-electron chi connectivity index (χ3n) is 6.27. The first-order chi connectivity index (χ1) is 16.6. The van der Waals surface area contributed by atoms with Crippen molar-refractivity contribution in [2.45, 2.75) is 55.7 Å². The molecule has 0 spiro atoms. The second-order valence-corrected chi connectivity index (χ2v) is 10.9. The third kappa shape index (κ3) is 4.62. The number of rotatable bonds is 8. The smallest absolute Gasteiger partial charge is 0.314 e. The van der Waals surface area contributed by atoms with Crippen molar-refractivity contribution in [2.24, 2.45) is 0 Å². The van der Waals surface area contributed by atoms with Crippen molar-refractivity contribution in [1.29, 1.82) is 0 Å². The van der Waals surface area contributed by atoms with Gasteiger partial charge in [-0.3, -0.25) is 4.40 Å². The number of nitrogens with zero attached hydrogens (tertiary/aromatic N) is 5. The van der Waals surface area contributed by atoms with Crippen LogP contribution in [0.2, 0.25) is 0 Å². The van der Waals surface area contributed by atoms with Crippen LogP contribution in [0.15, 0.2) is 27.8 Å². The van der Waals surface area contributed by atoms with Crippen LogP contribution in [0.25, 0.3) is 17.2 Å². The highest BCUT2D eigenvalue weighted by Crippen LogP contribution is 2.37. The van der Waals surface area contributed by atoms with Gasteiger partial charge in [0.15, 0.2) is 5.65 Å². The van der Waals surface area contributed by atoms with E-state index in [4.69, 9.17) is 13.9 Å². The number of pyridine rings is 1. The Morgan fingerprint density at radius 3 is 2.77 bits per heavy atom. The molecule has 0 aromatic carbocycles. The highest BCUT2D eigenvalue weighted by atomic mass is 32.2. The summed E-state index contributed by atoms with van der Waals surface area (Å²) in [6, 6.07) is 1.48. The molecule has 0 bridgehead atoms. The minimum atomic E-state index is -3.90. The maximum Gasteiger partial charge on any atom is 0.314 e. The number of hydrogen-bond acceptors (Lipinski definition) is 9. The van der Waals surface area contributed by atoms with Crippen LogP contribution in [0.1, 0.15) is 39.0 Å². The molecule has 35 heavy (non-hydrogen) atoms. The van der Waals surface area contributed by atoms with Crippen molar-refractivity contribution < 1.29 is 31.1 Å². The number of anilines is 1. The summed E-state index contributed by atoms with van der Waals surface area (Å²) in [4.78, 5) is 6.47. The predicted octanol–water partition coefficient (Wildman–Crippen LogP) is 2.39. The van der Waals surface area contributed by atoms with Gasteiger partial charge in [0.25, 0.3) is 11.8 Å². The Bertz CT molecular complexity index is 1340. The van der Waals surface area contributed by atoms with Gasteiger partial charge in [0.1, 0.15) is 10.6 Å². The molecular weight excluding hydrogens is 486 g/mol. The molecule has 11 nitrogen and oxygen atoms in total. The number of aromatic nitrogens is 4. The van der Waals surface area contributed by atoms with E-state index in [-0.39, 0.29) is 28.6 Å². The number of imidazole rings is 1. The van der Waals surface area contributed by atoms with Crippen LogP contribution in [-0.4, -0.2) is 72.6 Å². The zero-order valence-corrected chi connectivity index (χ0v) is 20.3. The van der Waals surface area contributed by atoms with Crippen LogP contribution in [0.5, 0.6) is 0 Å². The summed E-state index contributed by atoms with van der Waals surface area (Å²) in [5, 5.41) is 7.09. The summed E-state index contributed by atoms with van der Waals surface area (Å²) in [5.74, 6) is -1.02. The Labute approximate surface area is 200 Å². The highest BCUT2D eigenvalue weighted by Gasteiger charge is 2.42. The summed E-state index contributed by atoms with van der Waals surface area (Å²) in [5.41, 5.74) is 0.675. The molecule has 0 unspecified atom stereocenters. The number of fused-ring (bicyclic) bond motifs is 1. The lowest BCUT2D eigenvalue weighted by molar-refractivity contribution is -0.0221. The normalized spacial score (nSPS) is 22.3. The summed E-state index contributed by atoms with van der Waals surface area (Å²) < 4.78 is 73.1. The molecule has 190 valence electrons. The van der Waals surface area contributed by atoms with E-state index in [0.29, 0.717) is 31.1 Å². The van der Waals surface area contributed by atoms with Crippen LogP contribution in [-0.2, 0) is 19.5 Å². The van der Waals surface area contributed by atoms with E-state index in [2.05, 4.69) is 19.9 Å². The molecule has 2 aliphatic rings. The zero-order chi connectivity index (χ0) is 25.0. The standard InChI is InChI=1S/C21H26F2N6O5S/c1-12-10-33-13(11-32-3)8-28(12)15-6-14(35(30,31)27-21(2)4-5-21)9-29-16(7-24-18(15)29)19-25-26-20(34-19)17(22)23/h6-7,9,12-13,17,27H,4-5,8,10-11H2,1-3H3/t12-,13+/m0/s1. The first-order valence-electron chi connectivity index (χ1n) is 11.1. The lowest BCUT2D eigenvalue weighted by Crippen LogP contribution is -2.50. The molecule has 3 aromatic heterocycles. The van der Waals surface area contributed by atoms with Gasteiger partial charge < -0.3 is 18.8 Å². The van der Waals surface area contributed by atoms with Crippen LogP contribution in [0, 0.1) is 0 Å². The fourth-order valence-corrected chi connectivity index (χ4v) is 5.58. The van der Waals surface area contributed by atoms with Crippen molar-refractivity contribution in [3.05, 3.63) is 24.4 Å². The molecule has 1 saturated heterocycles. The van der Waals surface area contributed by atoms with Crippen LogP contribution >= 0.6 is 0 Å². The molecule has 0 amide bonds. The lowest BCUT2D eigenvalue weighted by Gasteiger charge is -2.39. The minimum Gasteiger partial charge on any atom is -0.414 e. The van der Waals surface area contributed by atoms with Gasteiger partial charge in [0.05, 0.1) is 31.2 Å². The topological polar surface area (TPSA) is 124 Å². The van der Waals surface area contributed by atoms with E-state index in [0.717, 1.165) is 12.8 Å². The molecule has 4 heterocycles. The van der Waals surface area contributed by atoms with Gasteiger partial charge >= 0.3 is 6.43 Å². The van der Waals surface area contributed by atoms with Crippen molar-refractivity contribution in [3.8, 4) is 11.6 Å². The molecule has 1 N–H and O–H groups in total.